The van der Waals surface area contributed by atoms with Gasteiger partial charge in [0.1, 0.15) is 28.1 Å². The lowest BCUT2D eigenvalue weighted by Gasteiger charge is -2.12. The minimum atomic E-state index is 0.652. The molecule has 4 aromatic heterocycles. The first kappa shape index (κ1) is 24.3. The predicted molar refractivity (Wildman–Crippen MR) is 182 cm³/mol. The van der Waals surface area contributed by atoms with Crippen LogP contribution in [0.15, 0.2) is 148 Å². The van der Waals surface area contributed by atoms with Gasteiger partial charge in [0.2, 0.25) is 0 Å². The predicted octanol–water partition coefficient (Wildman–Crippen LogP) is 10.7. The molecule has 4 heterocycles. The van der Waals surface area contributed by atoms with Gasteiger partial charge in [-0.25, -0.2) is 9.97 Å². The van der Waals surface area contributed by atoms with Gasteiger partial charge in [0.05, 0.1) is 16.7 Å². The summed E-state index contributed by atoms with van der Waals surface area (Å²) in [7, 11) is 0. The first-order valence-electron chi connectivity index (χ1n) is 15.0. The van der Waals surface area contributed by atoms with Gasteiger partial charge in [-0.3, -0.25) is 4.57 Å². The molecule has 0 aliphatic heterocycles. The molecule has 0 N–H and O–H groups in total. The first-order chi connectivity index (χ1) is 22.3. The number of nitrogens with zero attached hydrogens (tertiary/aromatic N) is 3. The van der Waals surface area contributed by atoms with Gasteiger partial charge < -0.3 is 8.83 Å². The molecule has 0 saturated heterocycles. The lowest BCUT2D eigenvalue weighted by Crippen LogP contribution is -2.02. The number of aromatic nitrogens is 3. The van der Waals surface area contributed by atoms with Crippen LogP contribution >= 0.6 is 0 Å². The van der Waals surface area contributed by atoms with E-state index in [1.54, 1.807) is 0 Å². The zero-order chi connectivity index (χ0) is 29.5. The van der Waals surface area contributed by atoms with Crippen LogP contribution in [0.5, 0.6) is 0 Å². The van der Waals surface area contributed by atoms with Crippen LogP contribution < -0.4 is 0 Å². The highest BCUT2D eigenvalue weighted by molar-refractivity contribution is 6.17. The van der Waals surface area contributed by atoms with E-state index in [1.807, 2.05) is 60.7 Å². The van der Waals surface area contributed by atoms with Crippen LogP contribution in [0.4, 0.5) is 0 Å². The zero-order valence-corrected chi connectivity index (χ0v) is 23.9. The normalized spacial score (nSPS) is 12.0. The fourth-order valence-electron chi connectivity index (χ4n) is 6.73. The monoisotopic (exact) mass is 577 g/mol. The number of furan rings is 2. The number of hydrogen-bond acceptors (Lipinski definition) is 4. The molecule has 6 aromatic carbocycles. The van der Waals surface area contributed by atoms with Gasteiger partial charge in [-0.2, -0.15) is 0 Å². The molecule has 0 bridgehead atoms. The summed E-state index contributed by atoms with van der Waals surface area (Å²) in [5, 5.41) is 6.56. The van der Waals surface area contributed by atoms with Gasteiger partial charge in [-0.1, -0.05) is 84.9 Å². The van der Waals surface area contributed by atoms with E-state index in [0.29, 0.717) is 5.82 Å². The Hall–Kier alpha value is -6.20. The third-order valence-corrected chi connectivity index (χ3v) is 8.82. The van der Waals surface area contributed by atoms with Crippen molar-refractivity contribution in [1.82, 2.24) is 14.5 Å². The van der Waals surface area contributed by atoms with Gasteiger partial charge in [0, 0.05) is 49.5 Å². The molecule has 0 saturated carbocycles. The second-order valence-corrected chi connectivity index (χ2v) is 11.4. The van der Waals surface area contributed by atoms with Crippen molar-refractivity contribution in [3.63, 3.8) is 0 Å². The van der Waals surface area contributed by atoms with Crippen molar-refractivity contribution < 1.29 is 8.83 Å². The summed E-state index contributed by atoms with van der Waals surface area (Å²) in [4.78, 5) is 10.4. The maximum Gasteiger partial charge on any atom is 0.162 e. The molecule has 0 radical (unpaired) electrons. The Labute approximate surface area is 256 Å². The number of hydrogen-bond donors (Lipinski definition) is 0. The van der Waals surface area contributed by atoms with Crippen molar-refractivity contribution in [2.24, 2.45) is 0 Å². The molecule has 0 spiro atoms. The molecule has 5 heteroatoms. The standard InChI is InChI=1S/C40H23N3O2/c1-2-10-24(11-3-1)32-23-39(42-40(41-32)25-18-19-37-30(20-25)27-13-5-8-16-35(27)44-37)43-33-15-7-4-12-26(33)29-22-38-31(21-34(29)43)28-14-6-9-17-36(28)45-38/h1-23H. The van der Waals surface area contributed by atoms with Crippen LogP contribution in [-0.2, 0) is 0 Å². The summed E-state index contributed by atoms with van der Waals surface area (Å²) in [5.74, 6) is 1.45. The molecule has 0 atom stereocenters. The van der Waals surface area contributed by atoms with E-state index >= 15 is 0 Å². The second-order valence-electron chi connectivity index (χ2n) is 11.4. The Morgan fingerprint density at radius 1 is 0.400 bits per heavy atom. The Morgan fingerprint density at radius 2 is 1.04 bits per heavy atom. The lowest BCUT2D eigenvalue weighted by atomic mass is 10.1. The van der Waals surface area contributed by atoms with Crippen molar-refractivity contribution in [2.45, 2.75) is 0 Å². The average Bonchev–Trinajstić information content (AvgIpc) is 3.76. The van der Waals surface area contributed by atoms with Crippen molar-refractivity contribution >= 4 is 65.7 Å². The largest absolute Gasteiger partial charge is 0.456 e. The van der Waals surface area contributed by atoms with Crippen molar-refractivity contribution in [3.05, 3.63) is 140 Å². The molecule has 45 heavy (non-hydrogen) atoms. The lowest BCUT2D eigenvalue weighted by molar-refractivity contribution is 0.669. The topological polar surface area (TPSA) is 57.0 Å². The highest BCUT2D eigenvalue weighted by Crippen LogP contribution is 2.39. The van der Waals surface area contributed by atoms with Gasteiger partial charge in [0.25, 0.3) is 0 Å². The van der Waals surface area contributed by atoms with E-state index in [2.05, 4.69) is 83.4 Å². The smallest absolute Gasteiger partial charge is 0.162 e. The van der Waals surface area contributed by atoms with Crippen LogP contribution in [0.2, 0.25) is 0 Å². The van der Waals surface area contributed by atoms with Crippen molar-refractivity contribution in [2.75, 3.05) is 0 Å². The van der Waals surface area contributed by atoms with Gasteiger partial charge in [0.15, 0.2) is 5.82 Å². The Kier molecular flexibility index (Phi) is 4.93. The van der Waals surface area contributed by atoms with E-state index in [0.717, 1.165) is 88.3 Å². The molecule has 0 aliphatic rings. The van der Waals surface area contributed by atoms with Gasteiger partial charge in [-0.15, -0.1) is 0 Å². The summed E-state index contributed by atoms with van der Waals surface area (Å²) in [5.41, 5.74) is 8.42. The van der Waals surface area contributed by atoms with Gasteiger partial charge in [-0.05, 0) is 48.5 Å². The minimum absolute atomic E-state index is 0.652. The van der Waals surface area contributed by atoms with E-state index in [1.165, 1.54) is 0 Å². The molecular weight excluding hydrogens is 554 g/mol. The van der Waals surface area contributed by atoms with E-state index in [9.17, 15) is 0 Å². The Morgan fingerprint density at radius 3 is 1.84 bits per heavy atom. The summed E-state index contributed by atoms with van der Waals surface area (Å²) in [6.07, 6.45) is 0. The summed E-state index contributed by atoms with van der Waals surface area (Å²) >= 11 is 0. The third-order valence-electron chi connectivity index (χ3n) is 8.82. The maximum atomic E-state index is 6.29. The first-order valence-corrected chi connectivity index (χ1v) is 15.0. The Balaban J connectivity index is 1.28. The van der Waals surface area contributed by atoms with Crippen LogP contribution in [-0.4, -0.2) is 14.5 Å². The zero-order valence-electron chi connectivity index (χ0n) is 23.9. The fraction of sp³-hybridized carbons (Fsp3) is 0. The highest BCUT2D eigenvalue weighted by Gasteiger charge is 2.19. The van der Waals surface area contributed by atoms with Crippen LogP contribution in [0.25, 0.3) is 94.1 Å². The SMILES string of the molecule is c1ccc(-c2cc(-n3c4ccccc4c4cc5oc6ccccc6c5cc43)nc(-c3ccc4oc5ccccc5c4c3)n2)cc1. The number of para-hydroxylation sites is 3. The second kappa shape index (κ2) is 9.15. The summed E-state index contributed by atoms with van der Waals surface area (Å²) in [6.45, 7) is 0. The van der Waals surface area contributed by atoms with Crippen LogP contribution in [0.3, 0.4) is 0 Å². The average molecular weight is 578 g/mol. The molecule has 0 amide bonds. The third kappa shape index (κ3) is 3.61. The van der Waals surface area contributed by atoms with E-state index < -0.39 is 0 Å². The van der Waals surface area contributed by atoms with Crippen molar-refractivity contribution in [1.29, 1.82) is 0 Å². The fourth-order valence-corrected chi connectivity index (χ4v) is 6.73. The van der Waals surface area contributed by atoms with E-state index in [4.69, 9.17) is 18.8 Å². The van der Waals surface area contributed by atoms with Crippen LogP contribution in [0, 0.1) is 0 Å². The number of rotatable bonds is 3. The quantitative estimate of drug-likeness (QED) is 0.210. The minimum Gasteiger partial charge on any atom is -0.456 e. The molecular formula is C40H23N3O2. The number of fused-ring (bicyclic) bond motifs is 9. The van der Waals surface area contributed by atoms with Crippen molar-refractivity contribution in [3.8, 4) is 28.5 Å². The summed E-state index contributed by atoms with van der Waals surface area (Å²) in [6, 6.07) is 47.8. The maximum absolute atomic E-state index is 6.29. The molecule has 10 aromatic rings. The molecule has 210 valence electrons. The highest BCUT2D eigenvalue weighted by atomic mass is 16.3. The molecule has 10 rings (SSSR count). The molecule has 5 nitrogen and oxygen atoms in total. The molecule has 0 aliphatic carbocycles. The summed E-state index contributed by atoms with van der Waals surface area (Å²) < 4.78 is 14.7. The molecule has 0 fully saturated rings. The van der Waals surface area contributed by atoms with E-state index in [-0.39, 0.29) is 0 Å². The Bertz CT molecular complexity index is 2770. The molecule has 0 unspecified atom stereocenters. The van der Waals surface area contributed by atoms with Crippen LogP contribution in [0.1, 0.15) is 0 Å². The number of benzene rings is 6. The van der Waals surface area contributed by atoms with Gasteiger partial charge >= 0.3 is 0 Å².